The molecule has 1 saturated carbocycles. The number of hydrogen-bond acceptors (Lipinski definition) is 5. The van der Waals surface area contributed by atoms with E-state index in [0.717, 1.165) is 68.4 Å². The van der Waals surface area contributed by atoms with E-state index in [4.69, 9.17) is 10.3 Å². The first kappa shape index (κ1) is 17.5. The van der Waals surface area contributed by atoms with Crippen LogP contribution in [0.15, 0.2) is 10.6 Å². The van der Waals surface area contributed by atoms with E-state index in [1.807, 2.05) is 17.9 Å². The molecule has 6 nitrogen and oxygen atoms in total. The quantitative estimate of drug-likeness (QED) is 0.889. The summed E-state index contributed by atoms with van der Waals surface area (Å²) < 4.78 is 5.51. The number of carbonyl (C=O) groups excluding carboxylic acids is 1. The molecule has 1 saturated heterocycles. The summed E-state index contributed by atoms with van der Waals surface area (Å²) in [7, 11) is 0. The van der Waals surface area contributed by atoms with Crippen LogP contribution in [-0.4, -0.2) is 40.1 Å². The lowest BCUT2D eigenvalue weighted by atomic mass is 9.91. The highest BCUT2D eigenvalue weighted by atomic mass is 16.5. The molecule has 6 heteroatoms. The molecule has 2 fully saturated rings. The van der Waals surface area contributed by atoms with Crippen molar-refractivity contribution in [2.24, 2.45) is 11.7 Å². The number of rotatable bonds is 5. The Hall–Kier alpha value is -1.95. The molecule has 2 N–H and O–H groups in total. The molecule has 1 aliphatic heterocycles. The molecule has 140 valence electrons. The number of fused-ring (bicyclic) bond motifs is 1. The first-order valence-corrected chi connectivity index (χ1v) is 9.92. The van der Waals surface area contributed by atoms with Crippen molar-refractivity contribution in [1.82, 2.24) is 15.0 Å². The minimum atomic E-state index is 0.0743. The van der Waals surface area contributed by atoms with E-state index in [2.05, 4.69) is 17.1 Å². The maximum absolute atomic E-state index is 13.4. The number of likely N-dealkylation sites (tertiary alicyclic amines) is 1. The van der Waals surface area contributed by atoms with E-state index in [1.54, 1.807) is 0 Å². The lowest BCUT2D eigenvalue weighted by Crippen LogP contribution is -2.45. The van der Waals surface area contributed by atoms with Gasteiger partial charge in [-0.2, -0.15) is 0 Å². The van der Waals surface area contributed by atoms with Gasteiger partial charge < -0.3 is 15.2 Å². The average molecular weight is 356 g/mol. The predicted molar refractivity (Wildman–Crippen MR) is 100 cm³/mol. The minimum absolute atomic E-state index is 0.0743. The summed E-state index contributed by atoms with van der Waals surface area (Å²) >= 11 is 0. The third kappa shape index (κ3) is 3.22. The van der Waals surface area contributed by atoms with Gasteiger partial charge in [0.15, 0.2) is 0 Å². The molecule has 2 aliphatic rings. The number of piperidine rings is 1. The number of aromatic nitrogens is 2. The zero-order valence-electron chi connectivity index (χ0n) is 15.7. The van der Waals surface area contributed by atoms with Crippen LogP contribution in [0.25, 0.3) is 11.1 Å². The molecule has 0 radical (unpaired) electrons. The highest BCUT2D eigenvalue weighted by Crippen LogP contribution is 2.41. The van der Waals surface area contributed by atoms with Gasteiger partial charge in [-0.15, -0.1) is 0 Å². The van der Waals surface area contributed by atoms with Crippen molar-refractivity contribution >= 4 is 17.0 Å². The molecule has 26 heavy (non-hydrogen) atoms. The van der Waals surface area contributed by atoms with E-state index in [-0.39, 0.29) is 11.9 Å². The van der Waals surface area contributed by atoms with Crippen molar-refractivity contribution in [2.75, 3.05) is 13.1 Å². The summed E-state index contributed by atoms with van der Waals surface area (Å²) in [6, 6.07) is 2.10. The van der Waals surface area contributed by atoms with E-state index in [1.165, 1.54) is 0 Å². The van der Waals surface area contributed by atoms with Gasteiger partial charge in [-0.3, -0.25) is 4.79 Å². The molecule has 1 aliphatic carbocycles. The number of carbonyl (C=O) groups is 1. The molecule has 0 spiro atoms. The molecular formula is C20H28N4O2. The maximum Gasteiger partial charge on any atom is 0.259 e. The molecule has 2 unspecified atom stereocenters. The van der Waals surface area contributed by atoms with Crippen molar-refractivity contribution in [2.45, 2.75) is 64.3 Å². The van der Waals surface area contributed by atoms with Crippen LogP contribution in [0.4, 0.5) is 0 Å². The van der Waals surface area contributed by atoms with Gasteiger partial charge in [0.05, 0.1) is 16.6 Å². The highest BCUT2D eigenvalue weighted by Gasteiger charge is 2.32. The van der Waals surface area contributed by atoms with E-state index >= 15 is 0 Å². The number of nitrogens with two attached hydrogens (primary N) is 1. The largest absolute Gasteiger partial charge is 0.338 e. The zero-order chi connectivity index (χ0) is 18.3. The average Bonchev–Trinajstić information content (AvgIpc) is 3.43. The van der Waals surface area contributed by atoms with Crippen molar-refractivity contribution in [3.63, 3.8) is 0 Å². The predicted octanol–water partition coefficient (Wildman–Crippen LogP) is 3.25. The first-order valence-electron chi connectivity index (χ1n) is 9.92. The van der Waals surface area contributed by atoms with Gasteiger partial charge in [-0.05, 0) is 51.0 Å². The van der Waals surface area contributed by atoms with Crippen LogP contribution in [0, 0.1) is 5.92 Å². The molecule has 0 aromatic carbocycles. The number of aryl methyl sites for hydroxylation is 1. The number of pyridine rings is 1. The highest BCUT2D eigenvalue weighted by molar-refractivity contribution is 6.06. The molecule has 2 aromatic heterocycles. The first-order chi connectivity index (χ1) is 12.6. The standard InChI is InChI=1S/C20H28N4O2/c1-3-5-16-18-15(10-17(13-7-8-13)22-19(18)26-23-16)20(25)24-9-4-6-14(11-24)12(2)21/h10,12-14H,3-9,11,21H2,1-2H3. The van der Waals surface area contributed by atoms with Crippen LogP contribution in [0.5, 0.6) is 0 Å². The SMILES string of the molecule is CCCc1noc2nc(C3CC3)cc(C(=O)N3CCCC(C(C)N)C3)c12. The minimum Gasteiger partial charge on any atom is -0.338 e. The van der Waals surface area contributed by atoms with Gasteiger partial charge >= 0.3 is 0 Å². The van der Waals surface area contributed by atoms with Crippen molar-refractivity contribution < 1.29 is 9.32 Å². The van der Waals surface area contributed by atoms with Gasteiger partial charge in [-0.25, -0.2) is 4.98 Å². The second-order valence-corrected chi connectivity index (χ2v) is 7.94. The lowest BCUT2D eigenvalue weighted by Gasteiger charge is -2.34. The van der Waals surface area contributed by atoms with Gasteiger partial charge in [-0.1, -0.05) is 18.5 Å². The molecule has 2 atom stereocenters. The topological polar surface area (TPSA) is 85.2 Å². The fraction of sp³-hybridized carbons (Fsp3) is 0.650. The Morgan fingerprint density at radius 3 is 2.92 bits per heavy atom. The van der Waals surface area contributed by atoms with E-state index in [0.29, 0.717) is 23.1 Å². The van der Waals surface area contributed by atoms with Crippen molar-refractivity contribution in [1.29, 1.82) is 0 Å². The van der Waals surface area contributed by atoms with Crippen LogP contribution in [0.1, 0.15) is 73.6 Å². The number of nitrogens with zero attached hydrogens (tertiary/aromatic N) is 3. The molecule has 4 rings (SSSR count). The lowest BCUT2D eigenvalue weighted by molar-refractivity contribution is 0.0662. The third-order valence-corrected chi connectivity index (χ3v) is 5.74. The number of amides is 1. The Balaban J connectivity index is 1.73. The molecule has 0 bridgehead atoms. The molecule has 3 heterocycles. The Labute approximate surface area is 154 Å². The Kier molecular flexibility index (Phi) is 4.69. The Morgan fingerprint density at radius 1 is 1.42 bits per heavy atom. The normalized spacial score (nSPS) is 22.0. The van der Waals surface area contributed by atoms with Gasteiger partial charge in [0.1, 0.15) is 0 Å². The van der Waals surface area contributed by atoms with Crippen molar-refractivity contribution in [3.8, 4) is 0 Å². The fourth-order valence-corrected chi connectivity index (χ4v) is 3.99. The summed E-state index contributed by atoms with van der Waals surface area (Å²) in [6.07, 6.45) is 6.12. The molecule has 1 amide bonds. The van der Waals surface area contributed by atoms with Crippen LogP contribution in [-0.2, 0) is 6.42 Å². The van der Waals surface area contributed by atoms with E-state index < -0.39 is 0 Å². The Morgan fingerprint density at radius 2 is 2.23 bits per heavy atom. The van der Waals surface area contributed by atoms with E-state index in [9.17, 15) is 4.79 Å². The van der Waals surface area contributed by atoms with Gasteiger partial charge in [0.25, 0.3) is 11.6 Å². The second-order valence-electron chi connectivity index (χ2n) is 7.94. The zero-order valence-corrected chi connectivity index (χ0v) is 15.7. The summed E-state index contributed by atoms with van der Waals surface area (Å²) in [5.74, 6) is 0.902. The van der Waals surface area contributed by atoms with Crippen molar-refractivity contribution in [3.05, 3.63) is 23.0 Å². The smallest absolute Gasteiger partial charge is 0.259 e. The summed E-state index contributed by atoms with van der Waals surface area (Å²) in [5.41, 5.74) is 9.16. The van der Waals surface area contributed by atoms with Crippen LogP contribution < -0.4 is 5.73 Å². The molecular weight excluding hydrogens is 328 g/mol. The Bertz CT molecular complexity index is 809. The van der Waals surface area contributed by atoms with Crippen LogP contribution >= 0.6 is 0 Å². The second kappa shape index (κ2) is 6.99. The van der Waals surface area contributed by atoms with Crippen LogP contribution in [0.3, 0.4) is 0 Å². The summed E-state index contributed by atoms with van der Waals surface area (Å²) in [5, 5.41) is 5.02. The maximum atomic E-state index is 13.4. The van der Waals surface area contributed by atoms with Gasteiger partial charge in [0.2, 0.25) is 0 Å². The number of hydrogen-bond donors (Lipinski definition) is 1. The fourth-order valence-electron chi connectivity index (χ4n) is 3.99. The summed E-state index contributed by atoms with van der Waals surface area (Å²) in [4.78, 5) is 20.0. The molecule has 2 aromatic rings. The third-order valence-electron chi connectivity index (χ3n) is 5.74. The monoisotopic (exact) mass is 356 g/mol. The summed E-state index contributed by atoms with van der Waals surface area (Å²) in [6.45, 7) is 5.66. The van der Waals surface area contributed by atoms with Gasteiger partial charge in [0, 0.05) is 30.7 Å². The van der Waals surface area contributed by atoms with Crippen LogP contribution in [0.2, 0.25) is 0 Å².